The smallest absolute Gasteiger partial charge is 0.393 e. The van der Waals surface area contributed by atoms with E-state index in [0.29, 0.717) is 100.0 Å². The van der Waals surface area contributed by atoms with E-state index in [1.165, 1.54) is 17.9 Å². The molecule has 10 heteroatoms. The van der Waals surface area contributed by atoms with Gasteiger partial charge in [0.2, 0.25) is 0 Å². The van der Waals surface area contributed by atoms with E-state index < -0.39 is 13.9 Å². The molecule has 0 saturated carbocycles. The number of fused-ring (bicyclic) bond motifs is 12. The van der Waals surface area contributed by atoms with E-state index in [-0.39, 0.29) is 0 Å². The van der Waals surface area contributed by atoms with Gasteiger partial charge in [0.25, 0.3) is 0 Å². The van der Waals surface area contributed by atoms with Crippen molar-refractivity contribution in [1.29, 1.82) is 0 Å². The van der Waals surface area contributed by atoms with Gasteiger partial charge in [-0.1, -0.05) is 82.6 Å². The largest absolute Gasteiger partial charge is 0.737 e. The molecule has 0 fully saturated rings. The molecular formula is C38H36B2F4N4. The topological polar surface area (TPSA) is 15.9 Å². The number of halogens is 4. The summed E-state index contributed by atoms with van der Waals surface area (Å²) in [7, 11) is 0. The van der Waals surface area contributed by atoms with Crippen molar-refractivity contribution in [2.75, 3.05) is 0 Å². The van der Waals surface area contributed by atoms with Crippen LogP contribution in [0.25, 0.3) is 45.1 Å². The Morgan fingerprint density at radius 1 is 0.542 bits per heavy atom. The number of nitrogens with zero attached hydrogens (tertiary/aromatic N) is 4. The first-order valence-corrected chi connectivity index (χ1v) is 17.4. The summed E-state index contributed by atoms with van der Waals surface area (Å²) in [6.07, 6.45) is 7.06. The lowest BCUT2D eigenvalue weighted by atomic mass is 9.88. The van der Waals surface area contributed by atoms with Crippen molar-refractivity contribution in [2.24, 2.45) is 0 Å². The zero-order valence-electron chi connectivity index (χ0n) is 27.6. The van der Waals surface area contributed by atoms with Gasteiger partial charge >= 0.3 is 13.9 Å². The Hall–Kier alpha value is -4.59. The van der Waals surface area contributed by atoms with Gasteiger partial charge in [0.05, 0.1) is 22.3 Å². The second-order valence-electron chi connectivity index (χ2n) is 13.5. The number of hydrogen-bond donors (Lipinski definition) is 0. The average molecular weight is 646 g/mol. The van der Waals surface area contributed by atoms with Crippen LogP contribution in [-0.4, -0.2) is 43.3 Å². The van der Waals surface area contributed by atoms with Crippen LogP contribution in [0.3, 0.4) is 0 Å². The van der Waals surface area contributed by atoms with Crippen molar-refractivity contribution in [2.45, 2.75) is 66.2 Å². The summed E-state index contributed by atoms with van der Waals surface area (Å²) in [5.41, 5.74) is 7.08. The first-order chi connectivity index (χ1) is 23.2. The maximum absolute atomic E-state index is 17.2. The number of aromatic nitrogens is 2. The van der Waals surface area contributed by atoms with Gasteiger partial charge < -0.3 is 35.2 Å². The molecule has 9 rings (SSSR count). The fourth-order valence-electron chi connectivity index (χ4n) is 9.24. The van der Waals surface area contributed by atoms with Crippen molar-refractivity contribution in [3.8, 4) is 0 Å². The third kappa shape index (κ3) is 3.48. The fourth-order valence-corrected chi connectivity index (χ4v) is 9.24. The number of aryl methyl sites for hydroxylation is 2. The Balaban J connectivity index is 1.34. The molecule has 6 heterocycles. The summed E-state index contributed by atoms with van der Waals surface area (Å²) >= 11 is 0. The van der Waals surface area contributed by atoms with Gasteiger partial charge in [-0.05, 0) is 53.6 Å². The molecule has 0 N–H and O–H groups in total. The molecule has 0 atom stereocenters. The van der Waals surface area contributed by atoms with Crippen molar-refractivity contribution in [3.63, 3.8) is 0 Å². The van der Waals surface area contributed by atoms with Crippen LogP contribution in [0.15, 0.2) is 60.7 Å². The molecule has 5 aromatic rings. The monoisotopic (exact) mass is 646 g/mol. The van der Waals surface area contributed by atoms with Crippen molar-refractivity contribution < 1.29 is 26.2 Å². The first-order valence-electron chi connectivity index (χ1n) is 17.4. The molecule has 0 radical (unpaired) electrons. The van der Waals surface area contributed by atoms with E-state index in [2.05, 4.69) is 0 Å². The van der Waals surface area contributed by atoms with Gasteiger partial charge in [-0.15, -0.1) is 0 Å². The van der Waals surface area contributed by atoms with Crippen LogP contribution in [0.2, 0.25) is 0 Å². The molecule has 0 amide bonds. The first kappa shape index (κ1) is 29.5. The number of hydrogen-bond acceptors (Lipinski definition) is 0. The Labute approximate surface area is 277 Å². The second kappa shape index (κ2) is 9.97. The van der Waals surface area contributed by atoms with Gasteiger partial charge in [0, 0.05) is 47.2 Å². The lowest BCUT2D eigenvalue weighted by Gasteiger charge is -2.31. The standard InChI is InChI=1S/C38H36B2F4N4/c1-5-13-33-24-16-10-12-18-26(24)36-22-38-30-19-27-29(20-28(30)34(14-6-2)48(38)40(43,44)47(33)36)37-21-35-25-17-11-9-15-23(25)31(7-3)45(35)39(41,42)46(37)32(27)8-4/h9-12,15-22H,5-8,13-14H2,1-4H3. The predicted molar refractivity (Wildman–Crippen MR) is 190 cm³/mol. The highest BCUT2D eigenvalue weighted by Gasteiger charge is 2.58. The van der Waals surface area contributed by atoms with E-state index in [4.69, 9.17) is 0 Å². The molecule has 3 aromatic carbocycles. The van der Waals surface area contributed by atoms with Crippen LogP contribution in [0.5, 0.6) is 0 Å². The van der Waals surface area contributed by atoms with E-state index in [0.717, 1.165) is 28.0 Å². The van der Waals surface area contributed by atoms with Crippen LogP contribution in [0.4, 0.5) is 17.3 Å². The molecule has 2 aromatic heterocycles. The summed E-state index contributed by atoms with van der Waals surface area (Å²) in [5.74, 6) is 0. The summed E-state index contributed by atoms with van der Waals surface area (Å²) in [4.78, 5) is 0. The minimum absolute atomic E-state index is 0.375. The SMILES string of the molecule is CCCC1=[N+]2C(=Cc3c4ccccc4c(CCC)n3[B-]2(F)F)c2cc3c(cc21)C1=Cc2c4ccccc4c(CC)n2[B-](F)(F)[N+]1=C3CC. The molecule has 4 nitrogen and oxygen atoms in total. The lowest BCUT2D eigenvalue weighted by molar-refractivity contribution is -0.319. The molecular weight excluding hydrogens is 610 g/mol. The number of rotatable bonds is 6. The van der Waals surface area contributed by atoms with Crippen molar-refractivity contribution in [3.05, 3.63) is 106 Å². The lowest BCUT2D eigenvalue weighted by Crippen LogP contribution is -2.50. The van der Waals surface area contributed by atoms with E-state index in [9.17, 15) is 0 Å². The third-order valence-corrected chi connectivity index (χ3v) is 11.0. The van der Waals surface area contributed by atoms with Crippen molar-refractivity contribution >= 4 is 70.5 Å². The van der Waals surface area contributed by atoms with Gasteiger partial charge in [-0.3, -0.25) is 0 Å². The summed E-state index contributed by atoms with van der Waals surface area (Å²) < 4.78 is 73.7. The molecule has 48 heavy (non-hydrogen) atoms. The zero-order valence-corrected chi connectivity index (χ0v) is 27.6. The summed E-state index contributed by atoms with van der Waals surface area (Å²) in [6, 6.07) is 19.1. The highest BCUT2D eigenvalue weighted by Crippen LogP contribution is 2.48. The number of benzene rings is 3. The molecule has 0 bridgehead atoms. The van der Waals surface area contributed by atoms with Gasteiger partial charge in [-0.2, -0.15) is 0 Å². The summed E-state index contributed by atoms with van der Waals surface area (Å²) in [6.45, 7) is -0.611. The minimum atomic E-state index is -4.23. The van der Waals surface area contributed by atoms with Gasteiger partial charge in [-0.25, -0.2) is 0 Å². The third-order valence-electron chi connectivity index (χ3n) is 11.0. The Kier molecular flexibility index (Phi) is 6.14. The average Bonchev–Trinajstić information content (AvgIpc) is 3.78. The van der Waals surface area contributed by atoms with Crippen LogP contribution < -0.4 is 0 Å². The summed E-state index contributed by atoms with van der Waals surface area (Å²) in [5, 5.41) is 3.31. The Morgan fingerprint density at radius 3 is 1.50 bits per heavy atom. The fraction of sp³-hybridized carbons (Fsp3) is 0.263. The molecule has 0 spiro atoms. The second-order valence-corrected chi connectivity index (χ2v) is 13.5. The maximum Gasteiger partial charge on any atom is 0.737 e. The van der Waals surface area contributed by atoms with Crippen LogP contribution >= 0.6 is 0 Å². The van der Waals surface area contributed by atoms with Gasteiger partial charge in [0.15, 0.2) is 11.4 Å². The molecule has 4 aliphatic rings. The van der Waals surface area contributed by atoms with Crippen LogP contribution in [0.1, 0.15) is 98.4 Å². The maximum atomic E-state index is 17.2. The van der Waals surface area contributed by atoms with Gasteiger partial charge in [0.1, 0.15) is 11.4 Å². The van der Waals surface area contributed by atoms with E-state index in [1.54, 1.807) is 0 Å². The van der Waals surface area contributed by atoms with Crippen LogP contribution in [-0.2, 0) is 12.8 Å². The molecule has 242 valence electrons. The molecule has 0 aliphatic carbocycles. The molecule has 0 unspecified atom stereocenters. The van der Waals surface area contributed by atoms with Crippen LogP contribution in [0, 0.1) is 0 Å². The Morgan fingerprint density at radius 2 is 1.00 bits per heavy atom. The minimum Gasteiger partial charge on any atom is -0.393 e. The van der Waals surface area contributed by atoms with Crippen molar-refractivity contribution in [1.82, 2.24) is 8.96 Å². The Bertz CT molecular complexity index is 2410. The molecule has 4 aliphatic heterocycles. The highest BCUT2D eigenvalue weighted by molar-refractivity contribution is 6.60. The van der Waals surface area contributed by atoms with E-state index >= 15 is 17.3 Å². The normalized spacial score (nSPS) is 18.1. The quantitative estimate of drug-likeness (QED) is 0.129. The zero-order chi connectivity index (χ0) is 33.3. The highest BCUT2D eigenvalue weighted by atomic mass is 19.3. The molecule has 0 saturated heterocycles. The predicted octanol–water partition coefficient (Wildman–Crippen LogP) is 9.42. The van der Waals surface area contributed by atoms with E-state index in [1.807, 2.05) is 101 Å².